The normalized spacial score (nSPS) is 14.7. The summed E-state index contributed by atoms with van der Waals surface area (Å²) in [6.07, 6.45) is 7.34. The summed E-state index contributed by atoms with van der Waals surface area (Å²) in [6.45, 7) is 2.15. The second kappa shape index (κ2) is 10.6. The molecule has 1 aliphatic rings. The Morgan fingerprint density at radius 1 is 1.39 bits per heavy atom. The summed E-state index contributed by atoms with van der Waals surface area (Å²) in [4.78, 5) is 24.8. The quantitative estimate of drug-likeness (QED) is 0.482. The molecule has 0 aliphatic heterocycles. The fourth-order valence-electron chi connectivity index (χ4n) is 3.97. The fourth-order valence-corrected chi connectivity index (χ4v) is 4.38. The van der Waals surface area contributed by atoms with E-state index in [0.29, 0.717) is 23.4 Å². The number of ether oxygens (including phenoxy) is 1. The van der Waals surface area contributed by atoms with Crippen LogP contribution in [0, 0.1) is 0 Å². The van der Waals surface area contributed by atoms with E-state index < -0.39 is 5.97 Å². The summed E-state index contributed by atoms with van der Waals surface area (Å²) in [5, 5.41) is 15.6. The van der Waals surface area contributed by atoms with Gasteiger partial charge in [-0.25, -0.2) is 4.79 Å². The second-order valence-corrected chi connectivity index (χ2v) is 7.81. The van der Waals surface area contributed by atoms with E-state index >= 15 is 0 Å². The van der Waals surface area contributed by atoms with Crippen molar-refractivity contribution in [2.75, 3.05) is 29.7 Å². The van der Waals surface area contributed by atoms with E-state index in [9.17, 15) is 9.90 Å². The minimum absolute atomic E-state index is 0.141. The van der Waals surface area contributed by atoms with Crippen molar-refractivity contribution in [3.63, 3.8) is 0 Å². The molecule has 1 aliphatic carbocycles. The van der Waals surface area contributed by atoms with Crippen LogP contribution in [0.5, 0.6) is 5.75 Å². The van der Waals surface area contributed by atoms with Gasteiger partial charge < -0.3 is 5.11 Å². The van der Waals surface area contributed by atoms with Gasteiger partial charge in [0.1, 0.15) is 0 Å². The van der Waals surface area contributed by atoms with Crippen molar-refractivity contribution in [1.82, 2.24) is 9.97 Å². The van der Waals surface area contributed by atoms with Gasteiger partial charge in [-0.3, -0.25) is 0 Å². The van der Waals surface area contributed by atoms with Crippen LogP contribution in [0.2, 0.25) is 0 Å². The van der Waals surface area contributed by atoms with Crippen LogP contribution in [-0.4, -0.2) is 52.2 Å². The molecule has 0 spiro atoms. The Morgan fingerprint density at radius 2 is 2.13 bits per heavy atom. The molecule has 0 bridgehead atoms. The van der Waals surface area contributed by atoms with Crippen molar-refractivity contribution in [3.8, 4) is 5.75 Å². The van der Waals surface area contributed by atoms with Crippen LogP contribution in [0.1, 0.15) is 49.4 Å². The van der Waals surface area contributed by atoms with Crippen molar-refractivity contribution in [3.05, 3.63) is 30.0 Å². The molecule has 2 aromatic rings. The van der Waals surface area contributed by atoms with Gasteiger partial charge in [0.25, 0.3) is 0 Å². The van der Waals surface area contributed by atoms with E-state index in [1.54, 1.807) is 12.3 Å². The van der Waals surface area contributed by atoms with Gasteiger partial charge in [0.05, 0.1) is 0 Å². The molecule has 1 fully saturated rings. The first-order valence-electron chi connectivity index (χ1n) is 10.4. The van der Waals surface area contributed by atoms with Gasteiger partial charge in [0.15, 0.2) is 0 Å². The summed E-state index contributed by atoms with van der Waals surface area (Å²) >= 11 is 4.54. The third-order valence-electron chi connectivity index (χ3n) is 5.60. The molecule has 8 nitrogen and oxygen atoms in total. The van der Waals surface area contributed by atoms with Gasteiger partial charge in [0.2, 0.25) is 0 Å². The molecule has 31 heavy (non-hydrogen) atoms. The summed E-state index contributed by atoms with van der Waals surface area (Å²) in [6, 6.07) is 5.18. The number of nitrogens with one attached hydrogen (secondary N) is 2. The SMILES string of the molecule is CC[C@H]([CH]=[Co])N(c1nc(Nc2ccc(C(=O)O)cc2OC)ncc1NC)C1CCCC1. The number of carbonyl (C=O) groups is 1. The maximum atomic E-state index is 11.3. The molecule has 169 valence electrons. The number of nitrogens with zero attached hydrogens (tertiary/aromatic N) is 3. The van der Waals surface area contributed by atoms with E-state index in [0.717, 1.165) is 30.8 Å². The molecule has 0 saturated heterocycles. The Hall–Kier alpha value is -2.65. The first kappa shape index (κ1) is 23.0. The Kier molecular flexibility index (Phi) is 7.86. The fraction of sp³-hybridized carbons (Fsp3) is 0.455. The van der Waals surface area contributed by atoms with Gasteiger partial charge in [-0.2, -0.15) is 0 Å². The van der Waals surface area contributed by atoms with Crippen molar-refractivity contribution in [2.45, 2.75) is 51.1 Å². The maximum absolute atomic E-state index is 11.3. The summed E-state index contributed by atoms with van der Waals surface area (Å²) in [5.74, 6) is 0.628. The number of methoxy groups -OCH3 is 1. The van der Waals surface area contributed by atoms with E-state index in [-0.39, 0.29) is 11.6 Å². The molecule has 3 N–H and O–H groups in total. The molecule has 0 unspecified atom stereocenters. The molecule has 1 atom stereocenters. The molecular weight excluding hydrogens is 441 g/mol. The monoisotopic (exact) mass is 470 g/mol. The van der Waals surface area contributed by atoms with Crippen molar-refractivity contribution < 1.29 is 29.9 Å². The van der Waals surface area contributed by atoms with Gasteiger partial charge in [0, 0.05) is 0 Å². The Balaban J connectivity index is 2.00. The van der Waals surface area contributed by atoms with Crippen molar-refractivity contribution in [1.29, 1.82) is 0 Å². The first-order valence-corrected chi connectivity index (χ1v) is 11.0. The molecule has 3 rings (SSSR count). The average molecular weight is 470 g/mol. The number of aromatic nitrogens is 2. The zero-order valence-electron chi connectivity index (χ0n) is 18.0. The minimum atomic E-state index is -1.01. The average Bonchev–Trinajstić information content (AvgIpc) is 3.31. The number of hydrogen-bond donors (Lipinski definition) is 3. The summed E-state index contributed by atoms with van der Waals surface area (Å²) in [7, 11) is 3.36. The van der Waals surface area contributed by atoms with Crippen molar-refractivity contribution >= 4 is 34.1 Å². The number of hydrogen-bond acceptors (Lipinski definition) is 7. The summed E-state index contributed by atoms with van der Waals surface area (Å²) in [5.41, 5.74) is 1.59. The van der Waals surface area contributed by atoms with Crippen molar-refractivity contribution in [2.24, 2.45) is 0 Å². The Labute approximate surface area is 190 Å². The molecule has 1 aromatic carbocycles. The molecule has 1 saturated carbocycles. The molecule has 9 heteroatoms. The van der Waals surface area contributed by atoms with Crippen LogP contribution >= 0.6 is 0 Å². The van der Waals surface area contributed by atoms with Gasteiger partial charge in [-0.05, 0) is 0 Å². The molecule has 1 heterocycles. The standard InChI is InChI=1S/C22H29N5O3.Co/c1-5-14(2)27(16-8-6-7-9-16)20-18(23-3)13-24-22(26-20)25-17-11-10-15(21(28)29)12-19(17)30-4;/h2,10-14,16,23H,5-9H2,1,3-4H3,(H,28,29)(H,24,25,26);/t14-;/m0./s1. The number of benzene rings is 1. The summed E-state index contributed by atoms with van der Waals surface area (Å²) < 4.78 is 5.37. The molecule has 1 aromatic heterocycles. The van der Waals surface area contributed by atoms with Crippen LogP contribution in [-0.2, 0) is 15.3 Å². The zero-order valence-corrected chi connectivity index (χ0v) is 19.1. The second-order valence-electron chi connectivity index (χ2n) is 7.46. The van der Waals surface area contributed by atoms with E-state index in [1.807, 2.05) is 12.0 Å². The first-order chi connectivity index (χ1) is 15.0. The van der Waals surface area contributed by atoms with Gasteiger partial charge >= 0.3 is 181 Å². The van der Waals surface area contributed by atoms with Gasteiger partial charge in [-0.1, -0.05) is 0 Å². The third-order valence-corrected chi connectivity index (χ3v) is 6.00. The number of carboxylic acids is 1. The topological polar surface area (TPSA) is 99.6 Å². The van der Waals surface area contributed by atoms with Crippen LogP contribution in [0.15, 0.2) is 24.4 Å². The third kappa shape index (κ3) is 5.16. The van der Waals surface area contributed by atoms with E-state index in [1.165, 1.54) is 32.1 Å². The zero-order chi connectivity index (χ0) is 22.4. The number of rotatable bonds is 10. The van der Waals surface area contributed by atoms with Crippen LogP contribution in [0.4, 0.5) is 23.1 Å². The number of anilines is 4. The van der Waals surface area contributed by atoms with Crippen LogP contribution in [0.25, 0.3) is 0 Å². The predicted molar refractivity (Wildman–Crippen MR) is 120 cm³/mol. The predicted octanol–water partition coefficient (Wildman–Crippen LogP) is 3.85. The Bertz CT molecular complexity index is 933. The molecule has 0 amide bonds. The van der Waals surface area contributed by atoms with Crippen LogP contribution < -0.4 is 20.3 Å². The number of aromatic carboxylic acids is 1. The van der Waals surface area contributed by atoms with Crippen LogP contribution in [0.3, 0.4) is 0 Å². The Morgan fingerprint density at radius 3 is 2.71 bits per heavy atom. The van der Waals surface area contributed by atoms with Gasteiger partial charge in [-0.15, -0.1) is 0 Å². The molecular formula is C22H29CoN5O3. The van der Waals surface area contributed by atoms with E-state index in [4.69, 9.17) is 9.72 Å². The molecule has 0 radical (unpaired) electrons. The van der Waals surface area contributed by atoms with E-state index in [2.05, 4.69) is 42.7 Å². The number of carboxylic acid groups (broad SMARTS) is 1.